The number of aromatic nitrogens is 2. The van der Waals surface area contributed by atoms with Crippen LogP contribution in [-0.2, 0) is 0 Å². The highest BCUT2D eigenvalue weighted by Gasteiger charge is 2.12. The molecule has 106 valence electrons. The molecule has 2 N–H and O–H groups in total. The topological polar surface area (TPSA) is 61.0 Å². The Morgan fingerprint density at radius 3 is 2.38 bits per heavy atom. The third-order valence-electron chi connectivity index (χ3n) is 3.17. The predicted molar refractivity (Wildman–Crippen MR) is 87.6 cm³/mol. The van der Waals surface area contributed by atoms with Crippen molar-refractivity contribution in [3.05, 3.63) is 52.1 Å². The second-order valence-electron chi connectivity index (χ2n) is 4.85. The van der Waals surface area contributed by atoms with Gasteiger partial charge in [-0.2, -0.15) is 0 Å². The van der Waals surface area contributed by atoms with E-state index in [2.05, 4.69) is 25.9 Å². The molecule has 0 saturated carbocycles. The van der Waals surface area contributed by atoms with E-state index in [0.29, 0.717) is 17.3 Å². The van der Waals surface area contributed by atoms with Crippen molar-refractivity contribution >= 4 is 32.7 Å². The number of halogens is 1. The van der Waals surface area contributed by atoms with Gasteiger partial charge in [0.05, 0.1) is 16.7 Å². The summed E-state index contributed by atoms with van der Waals surface area (Å²) in [6.45, 7) is 3.82. The van der Waals surface area contributed by atoms with E-state index in [0.717, 1.165) is 26.8 Å². The summed E-state index contributed by atoms with van der Waals surface area (Å²) in [5.41, 5.74) is 9.92. The third-order valence-corrected chi connectivity index (χ3v) is 3.63. The first-order valence-electron chi connectivity index (χ1n) is 6.51. The lowest BCUT2D eigenvalue weighted by molar-refractivity contribution is 0.457. The highest BCUT2D eigenvalue weighted by molar-refractivity contribution is 9.10. The van der Waals surface area contributed by atoms with Crippen LogP contribution in [0.15, 0.2) is 40.9 Å². The Morgan fingerprint density at radius 1 is 1.05 bits per heavy atom. The molecule has 21 heavy (non-hydrogen) atoms. The van der Waals surface area contributed by atoms with Gasteiger partial charge in [0, 0.05) is 4.47 Å². The van der Waals surface area contributed by atoms with Gasteiger partial charge in [0.25, 0.3) is 0 Å². The van der Waals surface area contributed by atoms with Crippen molar-refractivity contribution in [2.24, 2.45) is 0 Å². The van der Waals surface area contributed by atoms with Gasteiger partial charge in [-0.05, 0) is 43.7 Å². The predicted octanol–water partition coefficient (Wildman–Crippen LogP) is 4.38. The minimum absolute atomic E-state index is 0.478. The van der Waals surface area contributed by atoms with Crippen LogP contribution in [0.4, 0.5) is 5.69 Å². The summed E-state index contributed by atoms with van der Waals surface area (Å²) in [6, 6.07) is 11.5. The van der Waals surface area contributed by atoms with E-state index in [1.54, 1.807) is 0 Å². The molecular formula is C16H14BrN3O. The first-order valence-corrected chi connectivity index (χ1v) is 7.31. The van der Waals surface area contributed by atoms with Gasteiger partial charge in [0.1, 0.15) is 5.69 Å². The molecule has 1 aromatic heterocycles. The summed E-state index contributed by atoms with van der Waals surface area (Å²) < 4.78 is 6.84. The standard InChI is InChI=1S/C16H14BrN3O/c1-9-7-11(17)8-12(18)15(9)21-16-10(2)19-13-5-3-4-6-14(13)20-16/h3-8H,18H2,1-2H3. The van der Waals surface area contributed by atoms with Crippen LogP contribution >= 0.6 is 15.9 Å². The quantitative estimate of drug-likeness (QED) is 0.701. The minimum atomic E-state index is 0.478. The van der Waals surface area contributed by atoms with Crippen LogP contribution in [0.25, 0.3) is 11.0 Å². The third kappa shape index (κ3) is 2.69. The number of nitrogens with zero attached hydrogens (tertiary/aromatic N) is 2. The lowest BCUT2D eigenvalue weighted by atomic mass is 10.2. The van der Waals surface area contributed by atoms with Gasteiger partial charge in [-0.15, -0.1) is 0 Å². The number of aryl methyl sites for hydroxylation is 2. The Balaban J connectivity index is 2.08. The first kappa shape index (κ1) is 13.8. The molecule has 5 heteroatoms. The van der Waals surface area contributed by atoms with E-state index in [4.69, 9.17) is 10.5 Å². The Labute approximate surface area is 131 Å². The monoisotopic (exact) mass is 343 g/mol. The van der Waals surface area contributed by atoms with Gasteiger partial charge in [0.15, 0.2) is 5.75 Å². The number of ether oxygens (including phenoxy) is 1. The lowest BCUT2D eigenvalue weighted by Gasteiger charge is -2.13. The number of fused-ring (bicyclic) bond motifs is 1. The summed E-state index contributed by atoms with van der Waals surface area (Å²) >= 11 is 3.42. The van der Waals surface area contributed by atoms with Gasteiger partial charge in [-0.1, -0.05) is 28.1 Å². The van der Waals surface area contributed by atoms with Crippen LogP contribution in [-0.4, -0.2) is 9.97 Å². The molecule has 0 aliphatic carbocycles. The molecule has 0 radical (unpaired) electrons. The van der Waals surface area contributed by atoms with Crippen molar-refractivity contribution in [3.8, 4) is 11.6 Å². The maximum atomic E-state index is 6.03. The molecule has 0 fully saturated rings. The fourth-order valence-corrected chi connectivity index (χ4v) is 2.75. The molecule has 3 aromatic rings. The molecule has 0 aliphatic heterocycles. The van der Waals surface area contributed by atoms with E-state index in [-0.39, 0.29) is 0 Å². The van der Waals surface area contributed by atoms with Crippen LogP contribution in [0.3, 0.4) is 0 Å². The van der Waals surface area contributed by atoms with Crippen LogP contribution < -0.4 is 10.5 Å². The number of hydrogen-bond donors (Lipinski definition) is 1. The number of para-hydroxylation sites is 2. The molecule has 2 aromatic carbocycles. The first-order chi connectivity index (χ1) is 10.0. The zero-order valence-electron chi connectivity index (χ0n) is 11.7. The highest BCUT2D eigenvalue weighted by atomic mass is 79.9. The molecule has 1 heterocycles. The molecule has 4 nitrogen and oxygen atoms in total. The second kappa shape index (κ2) is 5.33. The van der Waals surface area contributed by atoms with Crippen LogP contribution in [0, 0.1) is 13.8 Å². The van der Waals surface area contributed by atoms with Crippen LogP contribution in [0.2, 0.25) is 0 Å². The SMILES string of the molecule is Cc1cc(Br)cc(N)c1Oc1nc2ccccc2nc1C. The Hall–Kier alpha value is -2.14. The van der Waals surface area contributed by atoms with Gasteiger partial charge in [-0.25, -0.2) is 9.97 Å². The molecular weight excluding hydrogens is 330 g/mol. The van der Waals surface area contributed by atoms with E-state index in [1.165, 1.54) is 0 Å². The molecule has 0 aliphatic rings. The van der Waals surface area contributed by atoms with Crippen molar-refractivity contribution in [2.45, 2.75) is 13.8 Å². The zero-order valence-corrected chi connectivity index (χ0v) is 13.3. The van der Waals surface area contributed by atoms with E-state index >= 15 is 0 Å². The fraction of sp³-hybridized carbons (Fsp3) is 0.125. The fourth-order valence-electron chi connectivity index (χ4n) is 2.16. The van der Waals surface area contributed by atoms with Gasteiger partial charge in [-0.3, -0.25) is 0 Å². The van der Waals surface area contributed by atoms with Crippen molar-refractivity contribution in [1.82, 2.24) is 9.97 Å². The molecule has 0 saturated heterocycles. The number of anilines is 1. The van der Waals surface area contributed by atoms with Gasteiger partial charge < -0.3 is 10.5 Å². The normalized spacial score (nSPS) is 10.8. The summed E-state index contributed by atoms with van der Waals surface area (Å²) in [5, 5.41) is 0. The molecule has 0 amide bonds. The van der Waals surface area contributed by atoms with Crippen molar-refractivity contribution in [3.63, 3.8) is 0 Å². The minimum Gasteiger partial charge on any atom is -0.435 e. The maximum absolute atomic E-state index is 6.03. The Morgan fingerprint density at radius 2 is 1.71 bits per heavy atom. The number of rotatable bonds is 2. The van der Waals surface area contributed by atoms with Crippen molar-refractivity contribution in [2.75, 3.05) is 5.73 Å². The number of nitrogens with two attached hydrogens (primary N) is 1. The summed E-state index contributed by atoms with van der Waals surface area (Å²) in [6.07, 6.45) is 0. The highest BCUT2D eigenvalue weighted by Crippen LogP contribution is 2.34. The molecule has 0 bridgehead atoms. The van der Waals surface area contributed by atoms with Crippen molar-refractivity contribution in [1.29, 1.82) is 0 Å². The van der Waals surface area contributed by atoms with E-state index < -0.39 is 0 Å². The van der Waals surface area contributed by atoms with Crippen LogP contribution in [0.1, 0.15) is 11.3 Å². The number of hydrogen-bond acceptors (Lipinski definition) is 4. The lowest BCUT2D eigenvalue weighted by Crippen LogP contribution is -1.99. The molecule has 0 unspecified atom stereocenters. The Bertz CT molecular complexity index is 810. The molecule has 3 rings (SSSR count). The largest absolute Gasteiger partial charge is 0.435 e. The average Bonchev–Trinajstić information content (AvgIpc) is 2.43. The number of benzene rings is 2. The summed E-state index contributed by atoms with van der Waals surface area (Å²) in [7, 11) is 0. The van der Waals surface area contributed by atoms with E-state index in [1.807, 2.05) is 50.2 Å². The summed E-state index contributed by atoms with van der Waals surface area (Å²) in [5.74, 6) is 1.09. The van der Waals surface area contributed by atoms with Crippen molar-refractivity contribution < 1.29 is 4.74 Å². The summed E-state index contributed by atoms with van der Waals surface area (Å²) in [4.78, 5) is 9.03. The smallest absolute Gasteiger partial charge is 0.241 e. The van der Waals surface area contributed by atoms with Gasteiger partial charge in [0.2, 0.25) is 5.88 Å². The number of nitrogen functional groups attached to an aromatic ring is 1. The maximum Gasteiger partial charge on any atom is 0.241 e. The second-order valence-corrected chi connectivity index (χ2v) is 5.76. The average molecular weight is 344 g/mol. The van der Waals surface area contributed by atoms with E-state index in [9.17, 15) is 0 Å². The molecule has 0 atom stereocenters. The van der Waals surface area contributed by atoms with Crippen LogP contribution in [0.5, 0.6) is 11.6 Å². The Kier molecular flexibility index (Phi) is 3.51. The zero-order chi connectivity index (χ0) is 15.0. The molecule has 0 spiro atoms. The van der Waals surface area contributed by atoms with Gasteiger partial charge >= 0.3 is 0 Å².